The number of rotatable bonds is 3. The van der Waals surface area contributed by atoms with Crippen LogP contribution in [0.25, 0.3) is 0 Å². The monoisotopic (exact) mass is 228 g/mol. The van der Waals surface area contributed by atoms with Gasteiger partial charge in [-0.1, -0.05) is 0 Å². The van der Waals surface area contributed by atoms with Crippen LogP contribution in [0, 0.1) is 11.3 Å². The van der Waals surface area contributed by atoms with Gasteiger partial charge in [0.25, 0.3) is 6.43 Å². The van der Waals surface area contributed by atoms with Gasteiger partial charge in [-0.25, -0.2) is 8.78 Å². The molecular formula is C9H6F2N2O3. The summed E-state index contributed by atoms with van der Waals surface area (Å²) in [6.07, 6.45) is -2.92. The second-order valence-corrected chi connectivity index (χ2v) is 2.91. The van der Waals surface area contributed by atoms with Crippen LogP contribution in [0.4, 0.5) is 8.78 Å². The number of aliphatic carboxylic acids is 1. The Hall–Kier alpha value is -2.23. The average Bonchev–Trinajstić information content (AvgIpc) is 2.16. The number of aromatic amines is 1. The smallest absolute Gasteiger partial charge is 0.309 e. The van der Waals surface area contributed by atoms with Gasteiger partial charge in [-0.3, -0.25) is 9.59 Å². The lowest BCUT2D eigenvalue weighted by atomic mass is 10.1. The minimum Gasteiger partial charge on any atom is -0.481 e. The number of carbonyl (C=O) groups is 1. The Labute approximate surface area is 88.0 Å². The first-order valence-electron chi connectivity index (χ1n) is 4.12. The highest BCUT2D eigenvalue weighted by atomic mass is 19.3. The number of carboxylic acids is 1. The van der Waals surface area contributed by atoms with Gasteiger partial charge in [0, 0.05) is 11.9 Å². The highest BCUT2D eigenvalue weighted by Crippen LogP contribution is 2.18. The van der Waals surface area contributed by atoms with Gasteiger partial charge < -0.3 is 10.1 Å². The zero-order valence-corrected chi connectivity index (χ0v) is 7.83. The maximum Gasteiger partial charge on any atom is 0.309 e. The van der Waals surface area contributed by atoms with Crippen LogP contribution < -0.4 is 5.43 Å². The summed E-state index contributed by atoms with van der Waals surface area (Å²) < 4.78 is 25.1. The number of hydrogen-bond donors (Lipinski definition) is 2. The number of aromatic nitrogens is 1. The second kappa shape index (κ2) is 4.53. The lowest BCUT2D eigenvalue weighted by molar-refractivity contribution is -0.136. The van der Waals surface area contributed by atoms with Gasteiger partial charge >= 0.3 is 5.97 Å². The van der Waals surface area contributed by atoms with Crippen molar-refractivity contribution in [2.24, 2.45) is 0 Å². The summed E-state index contributed by atoms with van der Waals surface area (Å²) in [6.45, 7) is 0. The topological polar surface area (TPSA) is 93.9 Å². The largest absolute Gasteiger partial charge is 0.481 e. The Bertz CT molecular complexity index is 516. The standard InChI is InChI=1S/C9H6F2N2O3/c10-9(11)7-5(1-6(14)15)13-3-4(2-12)8(7)16/h3,9H,1H2,(H,13,16)(H,14,15). The lowest BCUT2D eigenvalue weighted by Crippen LogP contribution is -2.19. The van der Waals surface area contributed by atoms with E-state index in [0.717, 1.165) is 6.20 Å². The van der Waals surface area contributed by atoms with Crippen molar-refractivity contribution in [1.82, 2.24) is 4.98 Å². The number of pyridine rings is 1. The van der Waals surface area contributed by atoms with Crippen LogP contribution in [0.3, 0.4) is 0 Å². The van der Waals surface area contributed by atoms with Crippen LogP contribution in [0.2, 0.25) is 0 Å². The number of nitrogens with zero attached hydrogens (tertiary/aromatic N) is 1. The first-order valence-corrected chi connectivity index (χ1v) is 4.12. The van der Waals surface area contributed by atoms with Gasteiger partial charge in [0.05, 0.1) is 12.0 Å². The van der Waals surface area contributed by atoms with Crippen LogP contribution in [-0.2, 0) is 11.2 Å². The fraction of sp³-hybridized carbons (Fsp3) is 0.222. The predicted octanol–water partition coefficient (Wildman–Crippen LogP) is 0.811. The van der Waals surface area contributed by atoms with E-state index in [9.17, 15) is 18.4 Å². The number of H-pyrrole nitrogens is 1. The zero-order valence-electron chi connectivity index (χ0n) is 7.83. The van der Waals surface area contributed by atoms with Crippen molar-refractivity contribution < 1.29 is 18.7 Å². The molecule has 5 nitrogen and oxygen atoms in total. The van der Waals surface area contributed by atoms with Crippen molar-refractivity contribution in [2.75, 3.05) is 0 Å². The Morgan fingerprint density at radius 3 is 2.69 bits per heavy atom. The van der Waals surface area contributed by atoms with E-state index in [2.05, 4.69) is 4.98 Å². The van der Waals surface area contributed by atoms with Crippen molar-refractivity contribution in [3.8, 4) is 6.07 Å². The Balaban J connectivity index is 3.42. The third-order valence-corrected chi connectivity index (χ3v) is 1.87. The number of nitrogens with one attached hydrogen (secondary N) is 1. The highest BCUT2D eigenvalue weighted by molar-refractivity contribution is 5.70. The number of carboxylic acid groups (broad SMARTS) is 1. The molecule has 0 saturated heterocycles. The Morgan fingerprint density at radius 1 is 1.62 bits per heavy atom. The van der Waals surface area contributed by atoms with E-state index in [1.807, 2.05) is 0 Å². The second-order valence-electron chi connectivity index (χ2n) is 2.91. The number of alkyl halides is 2. The molecule has 0 aromatic carbocycles. The van der Waals surface area contributed by atoms with Crippen molar-refractivity contribution in [1.29, 1.82) is 5.26 Å². The summed E-state index contributed by atoms with van der Waals surface area (Å²) in [5, 5.41) is 16.9. The summed E-state index contributed by atoms with van der Waals surface area (Å²) in [6, 6.07) is 1.45. The first-order chi connectivity index (χ1) is 7.47. The zero-order chi connectivity index (χ0) is 12.3. The molecule has 84 valence electrons. The van der Waals surface area contributed by atoms with E-state index < -0.39 is 35.4 Å². The van der Waals surface area contributed by atoms with Gasteiger partial charge in [0.2, 0.25) is 5.43 Å². The highest BCUT2D eigenvalue weighted by Gasteiger charge is 2.21. The molecule has 1 heterocycles. The Kier molecular flexibility index (Phi) is 3.35. The molecule has 0 aliphatic carbocycles. The molecule has 0 bridgehead atoms. The first kappa shape index (κ1) is 11.8. The molecule has 0 atom stereocenters. The Morgan fingerprint density at radius 2 is 2.25 bits per heavy atom. The minimum absolute atomic E-state index is 0.383. The van der Waals surface area contributed by atoms with Gasteiger partial charge in [-0.2, -0.15) is 5.26 Å². The molecule has 0 saturated carbocycles. The van der Waals surface area contributed by atoms with E-state index in [1.54, 1.807) is 0 Å². The molecule has 0 aliphatic rings. The molecule has 1 aromatic heterocycles. The molecule has 1 aromatic rings. The molecule has 0 fully saturated rings. The molecular weight excluding hydrogens is 222 g/mol. The maximum absolute atomic E-state index is 12.5. The molecule has 16 heavy (non-hydrogen) atoms. The van der Waals surface area contributed by atoms with Crippen molar-refractivity contribution >= 4 is 5.97 Å². The lowest BCUT2D eigenvalue weighted by Gasteiger charge is -2.06. The fourth-order valence-electron chi connectivity index (χ4n) is 1.20. The van der Waals surface area contributed by atoms with Crippen LogP contribution in [0.1, 0.15) is 23.2 Å². The molecule has 1 rings (SSSR count). The summed E-state index contributed by atoms with van der Waals surface area (Å²) in [5.74, 6) is -1.35. The van der Waals surface area contributed by atoms with Crippen molar-refractivity contribution in [2.45, 2.75) is 12.8 Å². The molecule has 7 heteroatoms. The third-order valence-electron chi connectivity index (χ3n) is 1.87. The average molecular weight is 228 g/mol. The number of halogens is 2. The fourth-order valence-corrected chi connectivity index (χ4v) is 1.20. The normalized spacial score (nSPS) is 10.1. The third kappa shape index (κ3) is 2.23. The summed E-state index contributed by atoms with van der Waals surface area (Å²) >= 11 is 0. The van der Waals surface area contributed by atoms with E-state index >= 15 is 0 Å². The van der Waals surface area contributed by atoms with Gasteiger partial charge in [0.1, 0.15) is 11.6 Å². The van der Waals surface area contributed by atoms with E-state index in [0.29, 0.717) is 0 Å². The quantitative estimate of drug-likeness (QED) is 0.800. The summed E-state index contributed by atoms with van der Waals surface area (Å²) in [4.78, 5) is 23.9. The minimum atomic E-state index is -3.12. The van der Waals surface area contributed by atoms with Crippen LogP contribution in [0.15, 0.2) is 11.0 Å². The molecule has 2 N–H and O–H groups in total. The molecule has 0 amide bonds. The maximum atomic E-state index is 12.5. The van der Waals surface area contributed by atoms with E-state index in [1.165, 1.54) is 6.07 Å². The van der Waals surface area contributed by atoms with Crippen molar-refractivity contribution in [3.63, 3.8) is 0 Å². The van der Waals surface area contributed by atoms with Gasteiger partial charge in [-0.15, -0.1) is 0 Å². The summed E-state index contributed by atoms with van der Waals surface area (Å²) in [7, 11) is 0. The molecule has 0 aliphatic heterocycles. The molecule has 0 radical (unpaired) electrons. The van der Waals surface area contributed by atoms with E-state index in [-0.39, 0.29) is 5.69 Å². The molecule has 0 unspecified atom stereocenters. The van der Waals surface area contributed by atoms with Crippen LogP contribution in [-0.4, -0.2) is 16.1 Å². The van der Waals surface area contributed by atoms with Crippen molar-refractivity contribution in [3.05, 3.63) is 33.2 Å². The number of nitriles is 1. The van der Waals surface area contributed by atoms with Gasteiger partial charge in [0.15, 0.2) is 0 Å². The number of hydrogen-bond acceptors (Lipinski definition) is 3. The van der Waals surface area contributed by atoms with E-state index in [4.69, 9.17) is 10.4 Å². The van der Waals surface area contributed by atoms with Gasteiger partial charge in [-0.05, 0) is 0 Å². The van der Waals surface area contributed by atoms with Crippen LogP contribution in [0.5, 0.6) is 0 Å². The predicted molar refractivity (Wildman–Crippen MR) is 48.1 cm³/mol. The van der Waals surface area contributed by atoms with Crippen LogP contribution >= 0.6 is 0 Å². The summed E-state index contributed by atoms with van der Waals surface area (Å²) in [5.41, 5.74) is -2.94. The SMILES string of the molecule is N#Cc1c[nH]c(CC(=O)O)c(C(F)F)c1=O. The molecule has 0 spiro atoms.